The molecule has 1 aliphatic heterocycles. The fraction of sp³-hybridized carbons (Fsp3) is 0.286. The smallest absolute Gasteiger partial charge is 0.344 e. The van der Waals surface area contributed by atoms with Crippen molar-refractivity contribution in [2.45, 2.75) is 31.2 Å². The minimum atomic E-state index is -1.29. The van der Waals surface area contributed by atoms with Crippen LogP contribution in [0.15, 0.2) is 47.4 Å². The molecule has 1 fully saturated rings. The van der Waals surface area contributed by atoms with Crippen molar-refractivity contribution in [3.8, 4) is 5.75 Å². The van der Waals surface area contributed by atoms with Crippen LogP contribution in [-0.2, 0) is 15.1 Å². The minimum absolute atomic E-state index is 0.0802. The van der Waals surface area contributed by atoms with E-state index in [1.54, 1.807) is 31.2 Å². The fourth-order valence-electron chi connectivity index (χ4n) is 3.13. The van der Waals surface area contributed by atoms with E-state index in [-0.39, 0.29) is 5.75 Å². The van der Waals surface area contributed by atoms with Crippen LogP contribution in [0.3, 0.4) is 0 Å². The number of urea groups is 1. The summed E-state index contributed by atoms with van der Waals surface area (Å²) in [6.45, 7) is 5.58. The summed E-state index contributed by atoms with van der Waals surface area (Å²) in [5.41, 5.74) is 3.91. The summed E-state index contributed by atoms with van der Waals surface area (Å²) in [7, 11) is 1.52. The molecule has 2 aromatic rings. The Bertz CT molecular complexity index is 978. The van der Waals surface area contributed by atoms with Gasteiger partial charge < -0.3 is 10.1 Å². The Morgan fingerprint density at radius 2 is 1.97 bits per heavy atom. The number of hydrogen-bond donors (Lipinski definition) is 2. The minimum Gasteiger partial charge on any atom is -0.497 e. The summed E-state index contributed by atoms with van der Waals surface area (Å²) < 4.78 is 5.19. The predicted octanol–water partition coefficient (Wildman–Crippen LogP) is 2.90. The first kappa shape index (κ1) is 20.7. The topological polar surface area (TPSA) is 87.7 Å². The number of carbonyl (C=O) groups is 3. The van der Waals surface area contributed by atoms with Crippen molar-refractivity contribution in [3.05, 3.63) is 59.2 Å². The number of aryl methyl sites for hydroxylation is 2. The van der Waals surface area contributed by atoms with Crippen LogP contribution in [0.25, 0.3) is 0 Å². The highest BCUT2D eigenvalue weighted by Gasteiger charge is 2.50. The molecular formula is C21H23N3O4S. The number of ether oxygens (including phenoxy) is 1. The Kier molecular flexibility index (Phi) is 5.83. The van der Waals surface area contributed by atoms with Crippen LogP contribution in [0.5, 0.6) is 5.75 Å². The average Bonchev–Trinajstić information content (AvgIpc) is 2.91. The molecule has 0 bridgehead atoms. The summed E-state index contributed by atoms with van der Waals surface area (Å²) in [5, 5.41) is 3.39. The Hall–Kier alpha value is -3.00. The quantitative estimate of drug-likeness (QED) is 0.562. The summed E-state index contributed by atoms with van der Waals surface area (Å²) in [5.74, 6) is -0.344. The SMILES string of the molecule is COc1cccc([C@@]2(C)NC(=O)N(NC(=O)CSc3ccc(C)cc3C)C2=O)c1. The number of imide groups is 1. The fourth-order valence-corrected chi connectivity index (χ4v) is 3.93. The second-order valence-corrected chi connectivity index (χ2v) is 8.04. The van der Waals surface area contributed by atoms with E-state index >= 15 is 0 Å². The van der Waals surface area contributed by atoms with Crippen molar-refractivity contribution >= 4 is 29.6 Å². The number of rotatable bonds is 6. The van der Waals surface area contributed by atoms with E-state index in [0.29, 0.717) is 11.3 Å². The zero-order chi connectivity index (χ0) is 21.2. The Morgan fingerprint density at radius 1 is 1.21 bits per heavy atom. The number of thioether (sulfide) groups is 1. The molecule has 29 heavy (non-hydrogen) atoms. The molecule has 1 atom stereocenters. The van der Waals surface area contributed by atoms with Crippen LogP contribution in [0.2, 0.25) is 0 Å². The van der Waals surface area contributed by atoms with Crippen LogP contribution >= 0.6 is 11.8 Å². The third-order valence-corrected chi connectivity index (χ3v) is 5.94. The molecule has 2 N–H and O–H groups in total. The number of hydrazine groups is 1. The lowest BCUT2D eigenvalue weighted by atomic mass is 9.92. The molecule has 0 radical (unpaired) electrons. The molecule has 3 rings (SSSR count). The van der Waals surface area contributed by atoms with Crippen molar-refractivity contribution in [3.63, 3.8) is 0 Å². The van der Waals surface area contributed by atoms with Gasteiger partial charge in [-0.2, -0.15) is 5.01 Å². The van der Waals surface area contributed by atoms with Crippen LogP contribution in [0.1, 0.15) is 23.6 Å². The van der Waals surface area contributed by atoms with Gasteiger partial charge in [0.05, 0.1) is 12.9 Å². The molecule has 8 heteroatoms. The number of methoxy groups -OCH3 is 1. The molecule has 0 aromatic heterocycles. The highest BCUT2D eigenvalue weighted by Crippen LogP contribution is 2.30. The van der Waals surface area contributed by atoms with Gasteiger partial charge in [-0.25, -0.2) is 4.79 Å². The van der Waals surface area contributed by atoms with E-state index in [1.165, 1.54) is 18.9 Å². The third kappa shape index (κ3) is 4.22. The first-order chi connectivity index (χ1) is 13.7. The molecule has 7 nitrogen and oxygen atoms in total. The summed E-state index contributed by atoms with van der Waals surface area (Å²) >= 11 is 1.35. The maximum atomic E-state index is 12.9. The lowest BCUT2D eigenvalue weighted by Crippen LogP contribution is -2.48. The van der Waals surface area contributed by atoms with Gasteiger partial charge >= 0.3 is 6.03 Å². The van der Waals surface area contributed by atoms with Crippen LogP contribution in [-0.4, -0.2) is 35.7 Å². The molecule has 1 heterocycles. The molecule has 0 unspecified atom stereocenters. The average molecular weight is 413 g/mol. The zero-order valence-corrected chi connectivity index (χ0v) is 17.6. The van der Waals surface area contributed by atoms with Gasteiger partial charge in [0.15, 0.2) is 0 Å². The molecule has 4 amide bonds. The highest BCUT2D eigenvalue weighted by molar-refractivity contribution is 8.00. The van der Waals surface area contributed by atoms with Gasteiger partial charge in [-0.15, -0.1) is 11.8 Å². The number of hydrogen-bond acceptors (Lipinski definition) is 5. The van der Waals surface area contributed by atoms with Crippen molar-refractivity contribution in [2.24, 2.45) is 0 Å². The lowest BCUT2D eigenvalue weighted by molar-refractivity contribution is -0.138. The van der Waals surface area contributed by atoms with Crippen molar-refractivity contribution < 1.29 is 19.1 Å². The molecule has 2 aromatic carbocycles. The number of nitrogens with zero attached hydrogens (tertiary/aromatic N) is 1. The number of nitrogens with one attached hydrogen (secondary N) is 2. The third-order valence-electron chi connectivity index (χ3n) is 4.76. The van der Waals surface area contributed by atoms with Gasteiger partial charge in [0.1, 0.15) is 11.3 Å². The van der Waals surface area contributed by atoms with Gasteiger partial charge in [0.25, 0.3) is 5.91 Å². The van der Waals surface area contributed by atoms with Gasteiger partial charge in [-0.3, -0.25) is 15.0 Å². The van der Waals surface area contributed by atoms with E-state index in [9.17, 15) is 14.4 Å². The van der Waals surface area contributed by atoms with Crippen molar-refractivity contribution in [1.82, 2.24) is 15.8 Å². The predicted molar refractivity (Wildman–Crippen MR) is 111 cm³/mol. The van der Waals surface area contributed by atoms with E-state index in [2.05, 4.69) is 10.7 Å². The van der Waals surface area contributed by atoms with Gasteiger partial charge in [-0.05, 0) is 50.1 Å². The normalized spacial score (nSPS) is 18.6. The summed E-state index contributed by atoms with van der Waals surface area (Å²) in [4.78, 5) is 38.6. The maximum Gasteiger partial charge on any atom is 0.344 e. The Labute approximate surface area is 173 Å². The molecule has 0 saturated carbocycles. The standard InChI is InChI=1S/C21H23N3O4S/c1-13-8-9-17(14(2)10-13)29-12-18(25)23-24-19(26)21(3,22-20(24)27)15-6-5-7-16(11-15)28-4/h5-11H,12H2,1-4H3,(H,22,27)(H,23,25)/t21-/m1/s1. The van der Waals surface area contributed by atoms with E-state index in [0.717, 1.165) is 21.0 Å². The Balaban J connectivity index is 1.68. The number of carbonyl (C=O) groups excluding carboxylic acids is 3. The lowest BCUT2D eigenvalue weighted by Gasteiger charge is -2.22. The largest absolute Gasteiger partial charge is 0.497 e. The first-order valence-electron chi connectivity index (χ1n) is 9.05. The van der Waals surface area contributed by atoms with E-state index in [1.807, 2.05) is 32.0 Å². The maximum absolute atomic E-state index is 12.9. The molecule has 152 valence electrons. The monoisotopic (exact) mass is 413 g/mol. The molecule has 1 saturated heterocycles. The van der Waals surface area contributed by atoms with Crippen LogP contribution in [0, 0.1) is 13.8 Å². The second kappa shape index (κ2) is 8.16. The van der Waals surface area contributed by atoms with E-state index < -0.39 is 23.4 Å². The Morgan fingerprint density at radius 3 is 2.66 bits per heavy atom. The van der Waals surface area contributed by atoms with Gasteiger partial charge in [0, 0.05) is 4.90 Å². The molecule has 0 spiro atoms. The highest BCUT2D eigenvalue weighted by atomic mass is 32.2. The summed E-state index contributed by atoms with van der Waals surface area (Å²) in [6.07, 6.45) is 0. The number of amides is 4. The van der Waals surface area contributed by atoms with Crippen molar-refractivity contribution in [2.75, 3.05) is 12.9 Å². The zero-order valence-electron chi connectivity index (χ0n) is 16.7. The first-order valence-corrected chi connectivity index (χ1v) is 10.0. The molecular weight excluding hydrogens is 390 g/mol. The van der Waals surface area contributed by atoms with Crippen LogP contribution < -0.4 is 15.5 Å². The van der Waals surface area contributed by atoms with E-state index in [4.69, 9.17) is 4.74 Å². The molecule has 1 aliphatic rings. The van der Waals surface area contributed by atoms with Crippen LogP contribution in [0.4, 0.5) is 4.79 Å². The molecule has 0 aliphatic carbocycles. The van der Waals surface area contributed by atoms with Gasteiger partial charge in [0.2, 0.25) is 5.91 Å². The van der Waals surface area contributed by atoms with Gasteiger partial charge in [-0.1, -0.05) is 29.8 Å². The summed E-state index contributed by atoms with van der Waals surface area (Å²) in [6, 6.07) is 12.2. The second-order valence-electron chi connectivity index (χ2n) is 7.02. The number of benzene rings is 2. The van der Waals surface area contributed by atoms with Crippen molar-refractivity contribution in [1.29, 1.82) is 0 Å².